The lowest BCUT2D eigenvalue weighted by atomic mass is 9.52. The van der Waals surface area contributed by atoms with Gasteiger partial charge in [0.15, 0.2) is 0 Å². The summed E-state index contributed by atoms with van der Waals surface area (Å²) in [5.74, 6) is 0.679. The zero-order valence-corrected chi connectivity index (χ0v) is 19.6. The van der Waals surface area contributed by atoms with Crippen molar-refractivity contribution in [1.82, 2.24) is 14.5 Å². The molecule has 176 valence electrons. The maximum absolute atomic E-state index is 14.7. The average molecular weight is 485 g/mol. The fraction of sp³-hybridized carbons (Fsp3) is 0.440. The van der Waals surface area contributed by atoms with Crippen molar-refractivity contribution in [3.05, 3.63) is 69.1 Å². The number of aryl methyl sites for hydroxylation is 1. The third kappa shape index (κ3) is 3.42. The van der Waals surface area contributed by atoms with E-state index in [1.165, 1.54) is 23.0 Å². The summed E-state index contributed by atoms with van der Waals surface area (Å²) in [4.78, 5) is 21.9. The molecular formula is C25H23F3N4OS. The second-order valence-electron chi connectivity index (χ2n) is 9.68. The monoisotopic (exact) mass is 484 g/mol. The summed E-state index contributed by atoms with van der Waals surface area (Å²) in [7, 11) is 1.62. The van der Waals surface area contributed by atoms with Crippen molar-refractivity contribution >= 4 is 22.8 Å². The molecule has 5 rings (SSSR count). The number of pyridine rings is 1. The quantitative estimate of drug-likeness (QED) is 0.507. The van der Waals surface area contributed by atoms with Crippen LogP contribution in [0.1, 0.15) is 54.5 Å². The molecule has 0 radical (unpaired) electrons. The second-order valence-corrected chi connectivity index (χ2v) is 10.7. The van der Waals surface area contributed by atoms with E-state index in [9.17, 15) is 23.2 Å². The van der Waals surface area contributed by atoms with Gasteiger partial charge in [-0.15, -0.1) is 0 Å². The normalized spacial score (nSPS) is 19.0. The third-order valence-electron chi connectivity index (χ3n) is 7.31. The van der Waals surface area contributed by atoms with Gasteiger partial charge in [-0.3, -0.25) is 9.36 Å². The van der Waals surface area contributed by atoms with Gasteiger partial charge in [0.05, 0.1) is 22.7 Å². The molecule has 0 unspecified atom stereocenters. The van der Waals surface area contributed by atoms with Gasteiger partial charge in [0.1, 0.15) is 17.8 Å². The summed E-state index contributed by atoms with van der Waals surface area (Å²) in [6, 6.07) is 8.17. The largest absolute Gasteiger partial charge is 0.295 e. The van der Waals surface area contributed by atoms with Gasteiger partial charge in [0.25, 0.3) is 12.0 Å². The Morgan fingerprint density at radius 2 is 1.94 bits per heavy atom. The van der Waals surface area contributed by atoms with Gasteiger partial charge >= 0.3 is 0 Å². The van der Waals surface area contributed by atoms with Crippen LogP contribution in [0.3, 0.4) is 0 Å². The Balaban J connectivity index is 1.56. The SMILES string of the molecule is C[C@@H](Cc1ncnc2c1cc(C1(C#N)CC3(CSC3)C1)c(=O)n2C)c1cccc(C(F)F)c1F. The van der Waals surface area contributed by atoms with E-state index in [1.54, 1.807) is 20.0 Å². The van der Waals surface area contributed by atoms with Crippen molar-refractivity contribution in [2.45, 2.75) is 43.9 Å². The zero-order chi connectivity index (χ0) is 24.3. The average Bonchev–Trinajstić information content (AvgIpc) is 2.76. The molecule has 1 saturated carbocycles. The van der Waals surface area contributed by atoms with Crippen LogP contribution in [-0.4, -0.2) is 26.0 Å². The third-order valence-corrected chi connectivity index (χ3v) is 8.94. The molecule has 34 heavy (non-hydrogen) atoms. The standard InChI is InChI=1S/C25H23F3N4OS/c1-14(15-4-3-5-16(20(15)26)21(27)28)6-19-17-7-18(23(33)32(2)22(17)31-13-30-19)25(10-29)8-24(9-25)11-34-12-24/h3-5,7,13-14,21H,6,8-9,11-12H2,1-2H3/t14-/m0/s1. The van der Waals surface area contributed by atoms with E-state index in [4.69, 9.17) is 0 Å². The molecule has 5 nitrogen and oxygen atoms in total. The maximum Gasteiger partial charge on any atom is 0.266 e. The number of aromatic nitrogens is 3. The van der Waals surface area contributed by atoms with Crippen LogP contribution in [0, 0.1) is 22.6 Å². The number of hydrogen-bond acceptors (Lipinski definition) is 5. The summed E-state index contributed by atoms with van der Waals surface area (Å²) >= 11 is 1.86. The predicted octanol–water partition coefficient (Wildman–Crippen LogP) is 5.04. The fourth-order valence-corrected chi connectivity index (χ4v) is 6.69. The van der Waals surface area contributed by atoms with Gasteiger partial charge in [0, 0.05) is 18.0 Å². The lowest BCUT2D eigenvalue weighted by Crippen LogP contribution is -2.57. The van der Waals surface area contributed by atoms with Crippen LogP contribution in [0.5, 0.6) is 0 Å². The molecule has 1 spiro atoms. The summed E-state index contributed by atoms with van der Waals surface area (Å²) in [5, 5.41) is 10.7. The maximum atomic E-state index is 14.7. The number of thioether (sulfide) groups is 1. The molecule has 2 aliphatic rings. The number of hydrogen-bond donors (Lipinski definition) is 0. The first-order valence-electron chi connectivity index (χ1n) is 11.1. The van der Waals surface area contributed by atoms with Crippen molar-refractivity contribution < 1.29 is 13.2 Å². The smallest absolute Gasteiger partial charge is 0.266 e. The van der Waals surface area contributed by atoms with Gasteiger partial charge in [-0.05, 0) is 53.7 Å². The number of alkyl halides is 2. The first kappa shape index (κ1) is 22.9. The van der Waals surface area contributed by atoms with E-state index < -0.39 is 29.1 Å². The second kappa shape index (κ2) is 8.12. The Morgan fingerprint density at radius 1 is 1.24 bits per heavy atom. The molecule has 1 atom stereocenters. The summed E-state index contributed by atoms with van der Waals surface area (Å²) in [5.41, 5.74) is 0.0913. The van der Waals surface area contributed by atoms with Crippen LogP contribution in [0.15, 0.2) is 35.4 Å². The van der Waals surface area contributed by atoms with E-state index in [0.29, 0.717) is 35.1 Å². The lowest BCUT2D eigenvalue weighted by Gasteiger charge is -2.57. The van der Waals surface area contributed by atoms with Crippen LogP contribution >= 0.6 is 11.8 Å². The number of rotatable bonds is 5. The van der Waals surface area contributed by atoms with Crippen molar-refractivity contribution in [2.24, 2.45) is 12.5 Å². The first-order chi connectivity index (χ1) is 16.2. The van der Waals surface area contributed by atoms with E-state index >= 15 is 0 Å². The van der Waals surface area contributed by atoms with Crippen LogP contribution in [0.2, 0.25) is 0 Å². The summed E-state index contributed by atoms with van der Waals surface area (Å²) < 4.78 is 42.5. The van der Waals surface area contributed by atoms with Crippen LogP contribution in [0.4, 0.5) is 13.2 Å². The molecule has 0 N–H and O–H groups in total. The van der Waals surface area contributed by atoms with Gasteiger partial charge in [0.2, 0.25) is 0 Å². The van der Waals surface area contributed by atoms with E-state index in [1.807, 2.05) is 11.8 Å². The van der Waals surface area contributed by atoms with Crippen LogP contribution in [-0.2, 0) is 18.9 Å². The topological polar surface area (TPSA) is 71.6 Å². The molecule has 0 bridgehead atoms. The zero-order valence-electron chi connectivity index (χ0n) is 18.8. The van der Waals surface area contributed by atoms with E-state index in [-0.39, 0.29) is 23.0 Å². The van der Waals surface area contributed by atoms with Crippen molar-refractivity contribution in [3.63, 3.8) is 0 Å². The molecular weight excluding hydrogens is 461 g/mol. The highest BCUT2D eigenvalue weighted by atomic mass is 32.2. The Morgan fingerprint density at radius 3 is 2.56 bits per heavy atom. The molecule has 0 amide bonds. The molecule has 2 aromatic heterocycles. The lowest BCUT2D eigenvalue weighted by molar-refractivity contribution is 0.0969. The molecule has 3 aromatic rings. The van der Waals surface area contributed by atoms with E-state index in [0.717, 1.165) is 17.6 Å². The van der Waals surface area contributed by atoms with Gasteiger partial charge in [-0.1, -0.05) is 25.1 Å². The number of halogens is 3. The minimum Gasteiger partial charge on any atom is -0.295 e. The Bertz CT molecular complexity index is 1390. The molecule has 1 aliphatic heterocycles. The number of benzene rings is 1. The predicted molar refractivity (Wildman–Crippen MR) is 125 cm³/mol. The fourth-order valence-electron chi connectivity index (χ4n) is 5.50. The Hall–Kier alpha value is -2.86. The van der Waals surface area contributed by atoms with Crippen LogP contribution < -0.4 is 5.56 Å². The Kier molecular flexibility index (Phi) is 5.47. The number of fused-ring (bicyclic) bond motifs is 1. The van der Waals surface area contributed by atoms with Gasteiger partial charge < -0.3 is 0 Å². The molecule has 1 aromatic carbocycles. The molecule has 1 aliphatic carbocycles. The minimum atomic E-state index is -2.90. The Labute approximate surface area is 199 Å². The summed E-state index contributed by atoms with van der Waals surface area (Å²) in [6.07, 6.45) is 0.0379. The highest BCUT2D eigenvalue weighted by Crippen LogP contribution is 2.62. The van der Waals surface area contributed by atoms with Crippen molar-refractivity contribution in [3.8, 4) is 6.07 Å². The van der Waals surface area contributed by atoms with Crippen molar-refractivity contribution in [2.75, 3.05) is 11.5 Å². The van der Waals surface area contributed by atoms with Crippen molar-refractivity contribution in [1.29, 1.82) is 5.26 Å². The minimum absolute atomic E-state index is 0.151. The van der Waals surface area contributed by atoms with Gasteiger partial charge in [-0.25, -0.2) is 23.1 Å². The highest BCUT2D eigenvalue weighted by Gasteiger charge is 2.59. The highest BCUT2D eigenvalue weighted by molar-refractivity contribution is 8.00. The summed E-state index contributed by atoms with van der Waals surface area (Å²) in [6.45, 7) is 1.76. The number of nitrogens with zero attached hydrogens (tertiary/aromatic N) is 4. The molecule has 3 heterocycles. The molecule has 2 fully saturated rings. The molecule has 9 heteroatoms. The molecule has 1 saturated heterocycles. The van der Waals surface area contributed by atoms with Gasteiger partial charge in [-0.2, -0.15) is 17.0 Å². The van der Waals surface area contributed by atoms with Crippen LogP contribution in [0.25, 0.3) is 11.0 Å². The van der Waals surface area contributed by atoms with E-state index in [2.05, 4.69) is 16.0 Å². The first-order valence-corrected chi connectivity index (χ1v) is 12.3. The number of nitriles is 1.